The summed E-state index contributed by atoms with van der Waals surface area (Å²) in [5.74, 6) is 0. The third kappa shape index (κ3) is 11.4. The van der Waals surface area contributed by atoms with Crippen LogP contribution in [0.15, 0.2) is 162 Å². The second-order valence-electron chi connectivity index (χ2n) is 29.2. The van der Waals surface area contributed by atoms with Crippen molar-refractivity contribution in [2.75, 3.05) is 0 Å². The van der Waals surface area contributed by atoms with E-state index >= 15 is 0 Å². The highest BCUT2D eigenvalue weighted by atomic mass is 32.1. The van der Waals surface area contributed by atoms with E-state index in [1.165, 1.54) is 58.5 Å². The molecule has 0 aliphatic heterocycles. The molecule has 0 bridgehead atoms. The van der Waals surface area contributed by atoms with Crippen molar-refractivity contribution in [1.29, 1.82) is 0 Å². The molecule has 0 radical (unpaired) electrons. The highest BCUT2D eigenvalue weighted by Gasteiger charge is 2.66. The van der Waals surface area contributed by atoms with Gasteiger partial charge in [-0.2, -0.15) is 0 Å². The summed E-state index contributed by atoms with van der Waals surface area (Å²) in [6, 6.07) is 59.0. The van der Waals surface area contributed by atoms with Crippen LogP contribution < -0.4 is 40.5 Å². The molecule has 0 aliphatic carbocycles. The van der Waals surface area contributed by atoms with Crippen LogP contribution >= 0.6 is 136 Å². The summed E-state index contributed by atoms with van der Waals surface area (Å²) in [6.45, 7) is 50.1. The molecule has 0 N–H and O–H groups in total. The molecule has 0 amide bonds. The van der Waals surface area contributed by atoms with Crippen molar-refractivity contribution in [3.05, 3.63) is 162 Å². The van der Waals surface area contributed by atoms with E-state index < -0.39 is 74.9 Å². The Hall–Kier alpha value is -1.43. The van der Waals surface area contributed by atoms with Crippen LogP contribution in [0.3, 0.4) is 0 Å². The van der Waals surface area contributed by atoms with Crippen LogP contribution in [0.2, 0.25) is 124 Å². The van der Waals surface area contributed by atoms with Crippen LogP contribution in [0.4, 0.5) is 0 Å². The van der Waals surface area contributed by atoms with Gasteiger partial charge in [0.2, 0.25) is 0 Å². The van der Waals surface area contributed by atoms with Gasteiger partial charge in [-0.05, 0) is 129 Å². The average molecular weight is 1560 g/mol. The third-order valence-electron chi connectivity index (χ3n) is 22.5. The summed E-state index contributed by atoms with van der Waals surface area (Å²) in [7, 11) is -17.4. The molecular formula is C67H84S12Si10. The van der Waals surface area contributed by atoms with Crippen molar-refractivity contribution < 1.29 is 0 Å². The van der Waals surface area contributed by atoms with Gasteiger partial charge in [-0.15, -0.1) is 136 Å². The topological polar surface area (TPSA) is 0 Å². The fourth-order valence-electron chi connectivity index (χ4n) is 13.4. The lowest BCUT2D eigenvalue weighted by Crippen LogP contribution is -2.90. The second-order valence-corrected chi connectivity index (χ2v) is 129. The zero-order chi connectivity index (χ0) is 63.7. The zero-order valence-electron chi connectivity index (χ0n) is 55.0. The Morgan fingerprint density at radius 3 is 0.461 bits per heavy atom. The van der Waals surface area contributed by atoms with E-state index in [1.54, 1.807) is 40.5 Å². The summed E-state index contributed by atoms with van der Waals surface area (Å²) in [5, 5.41) is 6.65. The van der Waals surface area contributed by atoms with E-state index in [9.17, 15) is 0 Å². The molecule has 12 aromatic rings. The monoisotopic (exact) mass is 1550 g/mol. The number of rotatable bonds is 21. The predicted molar refractivity (Wildman–Crippen MR) is 451 cm³/mol. The summed E-state index contributed by atoms with van der Waals surface area (Å²) >= 11 is 24.8. The van der Waals surface area contributed by atoms with Gasteiger partial charge < -0.3 is 0 Å². The Bertz CT molecular complexity index is 3970. The van der Waals surface area contributed by atoms with Gasteiger partial charge >= 0.3 is 0 Å². The van der Waals surface area contributed by atoms with Gasteiger partial charge in [-0.3, -0.25) is 0 Å². The van der Waals surface area contributed by atoms with Crippen LogP contribution in [0.1, 0.15) is 0 Å². The fraction of sp³-hybridized carbons (Fsp3) is 0.284. The second kappa shape index (κ2) is 24.6. The van der Waals surface area contributed by atoms with Gasteiger partial charge in [-0.25, -0.2) is 0 Å². The first-order valence-corrected chi connectivity index (χ1v) is 76.3. The van der Waals surface area contributed by atoms with Crippen LogP contribution in [0.5, 0.6) is 0 Å². The highest BCUT2D eigenvalue weighted by Crippen LogP contribution is 2.44. The summed E-state index contributed by atoms with van der Waals surface area (Å²) in [6.07, 6.45) is 0. The highest BCUT2D eigenvalue weighted by molar-refractivity contribution is 7.96. The van der Waals surface area contributed by atoms with E-state index in [0.717, 1.165) is 0 Å². The van der Waals surface area contributed by atoms with Crippen molar-refractivity contribution in [3.8, 4) is 58.5 Å². The molecule has 464 valence electrons. The molecule has 0 nitrogen and oxygen atoms in total. The van der Waals surface area contributed by atoms with Gasteiger partial charge in [0, 0.05) is 58.5 Å². The molecule has 0 saturated carbocycles. The van der Waals surface area contributed by atoms with E-state index in [1.807, 2.05) is 34.0 Å². The molecule has 0 spiro atoms. The molecule has 0 fully saturated rings. The molecule has 12 rings (SSSR count). The van der Waals surface area contributed by atoms with Crippen LogP contribution in [-0.4, -0.2) is 74.9 Å². The van der Waals surface area contributed by atoms with E-state index in [-0.39, 0.29) is 0 Å². The van der Waals surface area contributed by atoms with Crippen molar-refractivity contribution >= 4 is 251 Å². The van der Waals surface area contributed by atoms with Gasteiger partial charge in [0.05, 0.1) is 74.9 Å². The first kappa shape index (κ1) is 67.5. The Kier molecular flexibility index (Phi) is 18.7. The maximum Gasteiger partial charge on any atom is 0.0927 e. The molecule has 0 aliphatic rings. The fourth-order valence-corrected chi connectivity index (χ4v) is 159. The largest absolute Gasteiger partial charge is 0.144 e. The minimum atomic E-state index is -2.23. The summed E-state index contributed by atoms with van der Waals surface area (Å²) in [5.41, 5.74) is 0. The molecule has 12 heterocycles. The maximum atomic E-state index is 3.01. The quantitative estimate of drug-likeness (QED) is 0.0629. The Morgan fingerprint density at radius 2 is 0.315 bits per heavy atom. The molecule has 0 unspecified atom stereocenters. The van der Waals surface area contributed by atoms with Crippen molar-refractivity contribution in [2.24, 2.45) is 0 Å². The molecule has 0 saturated heterocycles. The first-order valence-electron chi connectivity index (χ1n) is 30.8. The van der Waals surface area contributed by atoms with Crippen molar-refractivity contribution in [2.45, 2.75) is 124 Å². The molecule has 12 aromatic heterocycles. The SMILES string of the molecule is C[Si](C)(c1ccc(-c2cccs2)s1)[Si](C)(C)c1ccc(-c2ccc([Si](C)(C)[Si](C)([Si](C)(C)c3ccc(-c4ccc([Si](C)(C)[Si](C)(C)c5ccc(-c6cccs6)s5)s4)s3)[Si](C)(C)c3ccc(-c4ccc([Si](C)(C)[Si](C)(C)c5ccc(-c6cccs6)s5)s4)s3)s2)s1. The van der Waals surface area contributed by atoms with Crippen LogP contribution in [-0.2, 0) is 0 Å². The lowest BCUT2D eigenvalue weighted by Gasteiger charge is -2.57. The molecule has 0 aromatic carbocycles. The Morgan fingerprint density at radius 1 is 0.169 bits per heavy atom. The van der Waals surface area contributed by atoms with E-state index in [4.69, 9.17) is 0 Å². The first-order chi connectivity index (χ1) is 41.7. The van der Waals surface area contributed by atoms with Gasteiger partial charge in [0.25, 0.3) is 0 Å². The van der Waals surface area contributed by atoms with E-state index in [0.29, 0.717) is 0 Å². The lowest BCUT2D eigenvalue weighted by atomic mass is 10.4. The predicted octanol–water partition coefficient (Wildman–Crippen LogP) is 20.7. The summed E-state index contributed by atoms with van der Waals surface area (Å²) in [4.78, 5) is 17.4. The molecule has 22 heteroatoms. The van der Waals surface area contributed by atoms with Gasteiger partial charge in [-0.1, -0.05) is 197 Å². The normalized spacial score (nSPS) is 13.8. The van der Waals surface area contributed by atoms with Gasteiger partial charge in [0.1, 0.15) is 0 Å². The number of hydrogen-bond donors (Lipinski definition) is 0. The molecule has 0 atom stereocenters. The van der Waals surface area contributed by atoms with Gasteiger partial charge in [0.15, 0.2) is 0 Å². The number of hydrogen-bond acceptors (Lipinski definition) is 12. The van der Waals surface area contributed by atoms with E-state index in [2.05, 4.69) is 388 Å². The average Bonchev–Trinajstić information content (AvgIpc) is 1.68. The Balaban J connectivity index is 0.881. The van der Waals surface area contributed by atoms with Crippen LogP contribution in [0.25, 0.3) is 58.5 Å². The minimum Gasteiger partial charge on any atom is -0.144 e. The zero-order valence-corrected chi connectivity index (χ0v) is 74.8. The van der Waals surface area contributed by atoms with Crippen molar-refractivity contribution in [3.63, 3.8) is 0 Å². The molecule has 89 heavy (non-hydrogen) atoms. The molecular weight excluding hydrogens is 1470 g/mol. The van der Waals surface area contributed by atoms with Crippen molar-refractivity contribution in [1.82, 2.24) is 0 Å². The maximum absolute atomic E-state index is 3.01. The standard InChI is InChI=1S/C67H84S12Si10/c1-80(2,59-35-26-50(71-59)47-23-20-44-68-47)83(7,8)62-38-29-53(74-62)56-32-41-65(77-56)86(13,14)89(19,87(15,16)66-42-33-57(78-66)54-30-39-63(75-54)84(9,10)81(3,4)60-36-27-51(72-60)48-24-21-45-69-48)88(17,18)67-43-34-58(79-67)55-31-40-64(76-55)85(11,12)82(5,6)61-37-28-52(73-61)49-25-22-46-70-49/h20-46H,1-19H3. The smallest absolute Gasteiger partial charge is 0.0927 e. The Labute approximate surface area is 588 Å². The van der Waals surface area contributed by atoms with Crippen LogP contribution in [0, 0.1) is 0 Å². The summed E-state index contributed by atoms with van der Waals surface area (Å²) < 4.78 is 15.2. The third-order valence-corrected chi connectivity index (χ3v) is 177. The number of thiophene rings is 12. The lowest BCUT2D eigenvalue weighted by molar-refractivity contribution is 1.80. The minimum absolute atomic E-state index is 1.40.